The average Bonchev–Trinajstić information content (AvgIpc) is 2.80. The Bertz CT molecular complexity index is 650. The Morgan fingerprint density at radius 2 is 1.46 bits per heavy atom. The summed E-state index contributed by atoms with van der Waals surface area (Å²) in [4.78, 5) is 0. The standard InChI is InChI=1S/C28H47/c1-9-11-22-17(3)15-27-16-21-13-18(4)25(27,7)23(12-10-2)24-14-19(5)28(22,20(27)6)26(21,24)8/h15,17-24H,9-14,16H2,1-8H3/q+1. The first-order valence-corrected chi connectivity index (χ1v) is 13.0. The molecule has 6 bridgehead atoms. The highest BCUT2D eigenvalue weighted by Gasteiger charge is 2.88. The molecule has 158 valence electrons. The average molecular weight is 384 g/mol. The van der Waals surface area contributed by atoms with Gasteiger partial charge in [-0.05, 0) is 79.4 Å². The summed E-state index contributed by atoms with van der Waals surface area (Å²) in [7, 11) is 0. The lowest BCUT2D eigenvalue weighted by Gasteiger charge is -2.72. The molecule has 0 heteroatoms. The molecule has 0 N–H and O–H groups in total. The van der Waals surface area contributed by atoms with E-state index in [9.17, 15) is 0 Å². The van der Waals surface area contributed by atoms with Gasteiger partial charge in [0, 0.05) is 17.3 Å². The van der Waals surface area contributed by atoms with Crippen LogP contribution in [-0.2, 0) is 0 Å². The lowest BCUT2D eigenvalue weighted by Crippen LogP contribution is -2.71. The summed E-state index contributed by atoms with van der Waals surface area (Å²) in [5.74, 6) is 7.33. The Kier molecular flexibility index (Phi) is 4.08. The molecule has 0 aromatic heterocycles. The minimum atomic E-state index is 0.502. The lowest BCUT2D eigenvalue weighted by atomic mass is 9.28. The summed E-state index contributed by atoms with van der Waals surface area (Å²) in [6.07, 6.45) is 13.3. The summed E-state index contributed by atoms with van der Waals surface area (Å²) >= 11 is 0. The first kappa shape index (κ1) is 19.8. The minimum Gasteiger partial charge on any atom is -0.0654 e. The highest BCUT2D eigenvalue weighted by atomic mass is 14.9. The van der Waals surface area contributed by atoms with E-state index >= 15 is 0 Å². The van der Waals surface area contributed by atoms with Crippen LogP contribution in [0, 0.1) is 75.4 Å². The normalized spacial score (nSPS) is 64.0. The Labute approximate surface area is 176 Å². The number of rotatable bonds is 4. The van der Waals surface area contributed by atoms with Crippen LogP contribution in [0.1, 0.15) is 100 Å². The number of fused-ring (bicyclic) bond motifs is 1. The van der Waals surface area contributed by atoms with Crippen molar-refractivity contribution in [2.24, 2.45) is 69.0 Å². The van der Waals surface area contributed by atoms with Crippen molar-refractivity contribution in [2.45, 2.75) is 100 Å². The van der Waals surface area contributed by atoms with Crippen LogP contribution >= 0.6 is 0 Å². The molecule has 7 aliphatic rings. The van der Waals surface area contributed by atoms with Crippen molar-refractivity contribution in [3.63, 3.8) is 0 Å². The minimum absolute atomic E-state index is 0.502. The predicted molar refractivity (Wildman–Crippen MR) is 120 cm³/mol. The number of hydrogen-bond acceptors (Lipinski definition) is 0. The van der Waals surface area contributed by atoms with Crippen LogP contribution in [0.2, 0.25) is 0 Å². The van der Waals surface area contributed by atoms with Gasteiger partial charge in [-0.2, -0.15) is 0 Å². The molecule has 12 atom stereocenters. The Morgan fingerprint density at radius 1 is 0.821 bits per heavy atom. The summed E-state index contributed by atoms with van der Waals surface area (Å²) < 4.78 is 0. The fraction of sp³-hybridized carbons (Fsp3) is 0.964. The largest absolute Gasteiger partial charge is 0.117 e. The van der Waals surface area contributed by atoms with E-state index in [2.05, 4.69) is 61.8 Å². The molecule has 0 saturated heterocycles. The third-order valence-electron chi connectivity index (χ3n) is 13.0. The van der Waals surface area contributed by atoms with E-state index < -0.39 is 0 Å². The summed E-state index contributed by atoms with van der Waals surface area (Å²) in [6.45, 7) is 21.4. The topological polar surface area (TPSA) is 0 Å². The summed E-state index contributed by atoms with van der Waals surface area (Å²) in [6, 6.07) is 0. The molecular weight excluding hydrogens is 336 g/mol. The van der Waals surface area contributed by atoms with Gasteiger partial charge in [0.15, 0.2) is 0 Å². The van der Waals surface area contributed by atoms with E-state index in [1.165, 1.54) is 44.9 Å². The second-order valence-electron chi connectivity index (χ2n) is 12.9. The molecule has 0 aliphatic heterocycles. The van der Waals surface area contributed by atoms with Gasteiger partial charge in [-0.15, -0.1) is 0 Å². The molecule has 0 aromatic carbocycles. The van der Waals surface area contributed by atoms with E-state index in [1.807, 2.05) is 0 Å². The van der Waals surface area contributed by atoms with E-state index in [0.29, 0.717) is 21.7 Å². The molecule has 28 heavy (non-hydrogen) atoms. The summed E-state index contributed by atoms with van der Waals surface area (Å²) in [5.41, 5.74) is 2.20. The maximum absolute atomic E-state index is 3.02. The van der Waals surface area contributed by atoms with Gasteiger partial charge in [0.1, 0.15) is 5.41 Å². The van der Waals surface area contributed by atoms with Gasteiger partial charge in [-0.3, -0.25) is 0 Å². The molecule has 12 unspecified atom stereocenters. The van der Waals surface area contributed by atoms with Gasteiger partial charge in [0.05, 0.1) is 12.3 Å². The Hall–Kier alpha value is -0.130. The quantitative estimate of drug-likeness (QED) is 0.431. The molecular formula is C28H47+. The van der Waals surface area contributed by atoms with Gasteiger partial charge in [-0.25, -0.2) is 0 Å². The SMILES string of the molecule is CCCC1C2CC(C)C34C(CCC)C(C)[CH+]C5(CC(CC(C)C15C)C23C)C4C. The molecule has 7 saturated carbocycles. The maximum Gasteiger partial charge on any atom is 0.117 e. The van der Waals surface area contributed by atoms with Crippen LogP contribution in [0.15, 0.2) is 0 Å². The first-order chi connectivity index (χ1) is 13.2. The second kappa shape index (κ2) is 5.76. The van der Waals surface area contributed by atoms with Crippen LogP contribution in [0.4, 0.5) is 0 Å². The van der Waals surface area contributed by atoms with Crippen molar-refractivity contribution in [3.05, 3.63) is 6.42 Å². The second-order valence-corrected chi connectivity index (χ2v) is 12.9. The fourth-order valence-corrected chi connectivity index (χ4v) is 12.4. The molecule has 7 fully saturated rings. The van der Waals surface area contributed by atoms with Crippen molar-refractivity contribution >= 4 is 0 Å². The smallest absolute Gasteiger partial charge is 0.0654 e. The van der Waals surface area contributed by atoms with Crippen molar-refractivity contribution < 1.29 is 0 Å². The molecule has 0 nitrogen and oxygen atoms in total. The zero-order valence-corrected chi connectivity index (χ0v) is 20.1. The molecule has 0 amide bonds. The Morgan fingerprint density at radius 3 is 2.11 bits per heavy atom. The third-order valence-corrected chi connectivity index (χ3v) is 13.0. The first-order valence-electron chi connectivity index (χ1n) is 13.0. The van der Waals surface area contributed by atoms with Crippen LogP contribution in [0.3, 0.4) is 0 Å². The van der Waals surface area contributed by atoms with Crippen molar-refractivity contribution in [1.82, 2.24) is 0 Å². The van der Waals surface area contributed by atoms with Gasteiger partial charge < -0.3 is 0 Å². The van der Waals surface area contributed by atoms with Crippen LogP contribution in [0.5, 0.6) is 0 Å². The summed E-state index contributed by atoms with van der Waals surface area (Å²) in [5, 5.41) is 0. The van der Waals surface area contributed by atoms with Gasteiger partial charge >= 0.3 is 0 Å². The van der Waals surface area contributed by atoms with Crippen molar-refractivity contribution in [2.75, 3.05) is 0 Å². The van der Waals surface area contributed by atoms with Crippen molar-refractivity contribution in [3.8, 4) is 0 Å². The monoisotopic (exact) mass is 383 g/mol. The van der Waals surface area contributed by atoms with Crippen LogP contribution < -0.4 is 0 Å². The molecule has 0 heterocycles. The van der Waals surface area contributed by atoms with Gasteiger partial charge in [-0.1, -0.05) is 61.3 Å². The van der Waals surface area contributed by atoms with Crippen LogP contribution in [-0.4, -0.2) is 0 Å². The highest BCUT2D eigenvalue weighted by molar-refractivity contribution is 5.35. The Balaban J connectivity index is 1.84. The maximum atomic E-state index is 3.02. The zero-order chi connectivity index (χ0) is 20.3. The van der Waals surface area contributed by atoms with Crippen molar-refractivity contribution in [1.29, 1.82) is 0 Å². The van der Waals surface area contributed by atoms with Crippen LogP contribution in [0.25, 0.3) is 0 Å². The molecule has 0 radical (unpaired) electrons. The predicted octanol–water partition coefficient (Wildman–Crippen LogP) is 8.02. The zero-order valence-electron chi connectivity index (χ0n) is 20.1. The number of hydrogen-bond donors (Lipinski definition) is 0. The molecule has 0 aromatic rings. The lowest BCUT2D eigenvalue weighted by molar-refractivity contribution is -0.262. The van der Waals surface area contributed by atoms with E-state index in [0.717, 1.165) is 47.3 Å². The van der Waals surface area contributed by atoms with Gasteiger partial charge in [0.25, 0.3) is 0 Å². The van der Waals surface area contributed by atoms with E-state index in [-0.39, 0.29) is 0 Å². The van der Waals surface area contributed by atoms with E-state index in [1.54, 1.807) is 0 Å². The molecule has 7 aliphatic carbocycles. The molecule has 7 rings (SSSR count). The molecule has 2 spiro atoms. The third kappa shape index (κ3) is 1.67. The van der Waals surface area contributed by atoms with Gasteiger partial charge in [0.2, 0.25) is 0 Å². The van der Waals surface area contributed by atoms with E-state index in [4.69, 9.17) is 0 Å². The fourth-order valence-electron chi connectivity index (χ4n) is 12.4. The highest BCUT2D eigenvalue weighted by Crippen LogP contribution is 2.90.